The predicted octanol–water partition coefficient (Wildman–Crippen LogP) is 3.05. The SMILES string of the molecule is CCOC(=O)C1(c2ccc(OC)c(Br)c2)CC1. The topological polar surface area (TPSA) is 35.5 Å². The molecule has 1 aromatic rings. The molecule has 1 aliphatic carbocycles. The molecule has 0 saturated heterocycles. The molecule has 1 fully saturated rings. The van der Waals surface area contributed by atoms with Gasteiger partial charge in [-0.15, -0.1) is 0 Å². The van der Waals surface area contributed by atoms with Gasteiger partial charge in [0.25, 0.3) is 0 Å². The van der Waals surface area contributed by atoms with Crippen LogP contribution in [0.4, 0.5) is 0 Å². The summed E-state index contributed by atoms with van der Waals surface area (Å²) >= 11 is 3.44. The van der Waals surface area contributed by atoms with Gasteiger partial charge in [0, 0.05) is 0 Å². The molecule has 0 bridgehead atoms. The van der Waals surface area contributed by atoms with Crippen LogP contribution in [0.2, 0.25) is 0 Å². The normalized spacial score (nSPS) is 16.4. The second-order valence-corrected chi connectivity index (χ2v) is 5.01. The molecule has 3 nitrogen and oxygen atoms in total. The number of esters is 1. The molecule has 92 valence electrons. The lowest BCUT2D eigenvalue weighted by Gasteiger charge is -2.15. The van der Waals surface area contributed by atoms with E-state index >= 15 is 0 Å². The molecule has 0 aliphatic heterocycles. The molecule has 17 heavy (non-hydrogen) atoms. The highest BCUT2D eigenvalue weighted by Gasteiger charge is 2.52. The Labute approximate surface area is 109 Å². The van der Waals surface area contributed by atoms with Crippen molar-refractivity contribution in [3.63, 3.8) is 0 Å². The lowest BCUT2D eigenvalue weighted by atomic mass is 9.96. The number of carbonyl (C=O) groups is 1. The number of rotatable bonds is 4. The van der Waals surface area contributed by atoms with Crippen molar-refractivity contribution in [1.82, 2.24) is 0 Å². The summed E-state index contributed by atoms with van der Waals surface area (Å²) in [7, 11) is 1.62. The standard InChI is InChI=1S/C13H15BrO3/c1-3-17-12(15)13(6-7-13)9-4-5-11(16-2)10(14)8-9/h4-5,8H,3,6-7H2,1-2H3. The molecular weight excluding hydrogens is 284 g/mol. The number of halogens is 1. The summed E-state index contributed by atoms with van der Waals surface area (Å²) < 4.78 is 11.2. The summed E-state index contributed by atoms with van der Waals surface area (Å²) in [5, 5.41) is 0. The lowest BCUT2D eigenvalue weighted by molar-refractivity contribution is -0.146. The van der Waals surface area contributed by atoms with E-state index in [1.807, 2.05) is 25.1 Å². The molecule has 0 heterocycles. The summed E-state index contributed by atoms with van der Waals surface area (Å²) in [6, 6.07) is 5.76. The molecule has 1 aromatic carbocycles. The van der Waals surface area contributed by atoms with E-state index in [0.29, 0.717) is 6.61 Å². The van der Waals surface area contributed by atoms with Gasteiger partial charge in [-0.2, -0.15) is 0 Å². The third-order valence-electron chi connectivity index (χ3n) is 3.12. The first-order valence-electron chi connectivity index (χ1n) is 5.65. The zero-order valence-electron chi connectivity index (χ0n) is 9.96. The van der Waals surface area contributed by atoms with Gasteiger partial charge in [-0.1, -0.05) is 6.07 Å². The molecule has 2 rings (SSSR count). The maximum absolute atomic E-state index is 11.9. The fraction of sp³-hybridized carbons (Fsp3) is 0.462. The van der Waals surface area contributed by atoms with Crippen LogP contribution in [0.15, 0.2) is 22.7 Å². The van der Waals surface area contributed by atoms with E-state index in [0.717, 1.165) is 28.6 Å². The Morgan fingerprint density at radius 1 is 1.47 bits per heavy atom. The van der Waals surface area contributed by atoms with Crippen LogP contribution < -0.4 is 4.74 Å². The fourth-order valence-electron chi connectivity index (χ4n) is 1.97. The first kappa shape index (κ1) is 12.4. The predicted molar refractivity (Wildman–Crippen MR) is 68.2 cm³/mol. The second kappa shape index (κ2) is 4.69. The van der Waals surface area contributed by atoms with Crippen molar-refractivity contribution in [1.29, 1.82) is 0 Å². The lowest BCUT2D eigenvalue weighted by Crippen LogP contribution is -2.23. The Bertz CT molecular complexity index is 438. The second-order valence-electron chi connectivity index (χ2n) is 4.15. The number of hydrogen-bond acceptors (Lipinski definition) is 3. The van der Waals surface area contributed by atoms with Gasteiger partial charge < -0.3 is 9.47 Å². The number of ether oxygens (including phenoxy) is 2. The highest BCUT2D eigenvalue weighted by atomic mass is 79.9. The smallest absolute Gasteiger partial charge is 0.316 e. The van der Waals surface area contributed by atoms with Crippen LogP contribution in [-0.4, -0.2) is 19.7 Å². The van der Waals surface area contributed by atoms with Crippen LogP contribution in [-0.2, 0) is 14.9 Å². The van der Waals surface area contributed by atoms with E-state index in [1.165, 1.54) is 0 Å². The van der Waals surface area contributed by atoms with E-state index in [2.05, 4.69) is 15.9 Å². The Hall–Kier alpha value is -1.03. The number of benzene rings is 1. The van der Waals surface area contributed by atoms with Crippen molar-refractivity contribution in [3.05, 3.63) is 28.2 Å². The minimum Gasteiger partial charge on any atom is -0.496 e. The summed E-state index contributed by atoms with van der Waals surface area (Å²) in [4.78, 5) is 11.9. The van der Waals surface area contributed by atoms with Crippen molar-refractivity contribution in [2.45, 2.75) is 25.2 Å². The molecule has 1 aliphatic rings. The van der Waals surface area contributed by atoms with E-state index in [-0.39, 0.29) is 5.97 Å². The van der Waals surface area contributed by atoms with E-state index in [4.69, 9.17) is 9.47 Å². The number of hydrogen-bond donors (Lipinski definition) is 0. The van der Waals surface area contributed by atoms with Gasteiger partial charge in [-0.25, -0.2) is 0 Å². The van der Waals surface area contributed by atoms with Crippen LogP contribution in [0.3, 0.4) is 0 Å². The van der Waals surface area contributed by atoms with Crippen molar-refractivity contribution < 1.29 is 14.3 Å². The van der Waals surface area contributed by atoms with Crippen molar-refractivity contribution in [2.75, 3.05) is 13.7 Å². The van der Waals surface area contributed by atoms with Gasteiger partial charge in [0.05, 0.1) is 23.6 Å². The largest absolute Gasteiger partial charge is 0.496 e. The Kier molecular flexibility index (Phi) is 3.43. The molecular formula is C13H15BrO3. The first-order chi connectivity index (χ1) is 8.14. The van der Waals surface area contributed by atoms with Gasteiger partial charge in [0.1, 0.15) is 5.75 Å². The van der Waals surface area contributed by atoms with E-state index in [9.17, 15) is 4.79 Å². The third-order valence-corrected chi connectivity index (χ3v) is 3.74. The van der Waals surface area contributed by atoms with Gasteiger partial charge in [0.2, 0.25) is 0 Å². The highest BCUT2D eigenvalue weighted by Crippen LogP contribution is 2.50. The molecule has 0 radical (unpaired) electrons. The molecule has 0 unspecified atom stereocenters. The van der Waals surface area contributed by atoms with Crippen LogP contribution >= 0.6 is 15.9 Å². The summed E-state index contributed by atoms with van der Waals surface area (Å²) in [5.74, 6) is 0.658. The Morgan fingerprint density at radius 2 is 2.18 bits per heavy atom. The molecule has 0 atom stereocenters. The summed E-state index contributed by atoms with van der Waals surface area (Å²) in [6.45, 7) is 2.26. The van der Waals surface area contributed by atoms with E-state index < -0.39 is 5.41 Å². The molecule has 0 spiro atoms. The molecule has 4 heteroatoms. The van der Waals surface area contributed by atoms with Gasteiger partial charge in [0.15, 0.2) is 0 Å². The monoisotopic (exact) mass is 298 g/mol. The van der Waals surface area contributed by atoms with Crippen molar-refractivity contribution >= 4 is 21.9 Å². The summed E-state index contributed by atoms with van der Waals surface area (Å²) in [5.41, 5.74) is 0.591. The zero-order chi connectivity index (χ0) is 12.5. The van der Waals surface area contributed by atoms with Crippen LogP contribution in [0.5, 0.6) is 5.75 Å². The van der Waals surface area contributed by atoms with Crippen molar-refractivity contribution in [2.24, 2.45) is 0 Å². The Balaban J connectivity index is 2.28. The summed E-state index contributed by atoms with van der Waals surface area (Å²) in [6.07, 6.45) is 1.73. The molecule has 0 aromatic heterocycles. The average Bonchev–Trinajstić information content (AvgIpc) is 3.10. The maximum atomic E-state index is 11.9. The van der Waals surface area contributed by atoms with Crippen LogP contribution in [0.1, 0.15) is 25.3 Å². The van der Waals surface area contributed by atoms with Crippen molar-refractivity contribution in [3.8, 4) is 5.75 Å². The van der Waals surface area contributed by atoms with Crippen LogP contribution in [0, 0.1) is 0 Å². The molecule has 1 saturated carbocycles. The zero-order valence-corrected chi connectivity index (χ0v) is 11.5. The first-order valence-corrected chi connectivity index (χ1v) is 6.44. The fourth-order valence-corrected chi connectivity index (χ4v) is 2.51. The van der Waals surface area contributed by atoms with Gasteiger partial charge in [-0.05, 0) is 53.4 Å². The molecule has 0 N–H and O–H groups in total. The average molecular weight is 299 g/mol. The highest BCUT2D eigenvalue weighted by molar-refractivity contribution is 9.10. The van der Waals surface area contributed by atoms with Gasteiger partial charge in [-0.3, -0.25) is 4.79 Å². The minimum atomic E-state index is -0.412. The number of carbonyl (C=O) groups excluding carboxylic acids is 1. The maximum Gasteiger partial charge on any atom is 0.316 e. The Morgan fingerprint density at radius 3 is 2.65 bits per heavy atom. The minimum absolute atomic E-state index is 0.114. The van der Waals surface area contributed by atoms with Crippen LogP contribution in [0.25, 0.3) is 0 Å². The number of methoxy groups -OCH3 is 1. The van der Waals surface area contributed by atoms with Gasteiger partial charge >= 0.3 is 5.97 Å². The quantitative estimate of drug-likeness (QED) is 0.802. The molecule has 0 amide bonds. The third kappa shape index (κ3) is 2.18. The van der Waals surface area contributed by atoms with E-state index in [1.54, 1.807) is 7.11 Å².